The molecule has 1 saturated heterocycles. The lowest BCUT2D eigenvalue weighted by atomic mass is 9.66. The number of halogens is 4. The Hall–Kier alpha value is -2.72. The normalized spacial score (nSPS) is 28.5. The maximum atomic E-state index is 13.9. The molecule has 0 radical (unpaired) electrons. The molecule has 1 heterocycles. The van der Waals surface area contributed by atoms with Crippen LogP contribution >= 0.6 is 0 Å². The van der Waals surface area contributed by atoms with E-state index >= 15 is 0 Å². The zero-order valence-electron chi connectivity index (χ0n) is 22.8. The van der Waals surface area contributed by atoms with Crippen molar-refractivity contribution < 1.29 is 30.8 Å². The number of benzene rings is 2. The SMILES string of the molecule is CC(C)S(=O)(=O)C1(C(=O)NCc2cc(F)cc(C(F)(F)F)c2)CC(N2CC[C@@]3(C=Cc4ccccc43)[C@@H](C)C2)C1. The minimum absolute atomic E-state index is 0.0600. The van der Waals surface area contributed by atoms with Crippen molar-refractivity contribution in [2.24, 2.45) is 5.92 Å². The highest BCUT2D eigenvalue weighted by Gasteiger charge is 2.62. The van der Waals surface area contributed by atoms with Crippen molar-refractivity contribution in [3.05, 3.63) is 76.6 Å². The van der Waals surface area contributed by atoms with Gasteiger partial charge in [-0.2, -0.15) is 13.2 Å². The topological polar surface area (TPSA) is 66.5 Å². The van der Waals surface area contributed by atoms with Crippen molar-refractivity contribution in [1.82, 2.24) is 10.2 Å². The van der Waals surface area contributed by atoms with Gasteiger partial charge in [-0.3, -0.25) is 9.69 Å². The molecule has 5 nitrogen and oxygen atoms in total. The number of amides is 1. The quantitative estimate of drug-likeness (QED) is 0.461. The molecular formula is C30H34F4N2O3S. The summed E-state index contributed by atoms with van der Waals surface area (Å²) in [5, 5.41) is 1.70. The Bertz CT molecular complexity index is 1450. The first kappa shape index (κ1) is 28.8. The zero-order chi connectivity index (χ0) is 29.1. The Kier molecular flexibility index (Phi) is 7.18. The number of allylic oxidation sites excluding steroid dienone is 1. The Balaban J connectivity index is 1.30. The number of nitrogens with zero attached hydrogens (tertiary/aromatic N) is 1. The first-order chi connectivity index (χ1) is 18.7. The molecule has 0 aromatic heterocycles. The van der Waals surface area contributed by atoms with Crippen LogP contribution in [0.2, 0.25) is 0 Å². The Morgan fingerprint density at radius 1 is 1.15 bits per heavy atom. The third-order valence-corrected chi connectivity index (χ3v) is 12.0. The number of nitrogens with one attached hydrogen (secondary N) is 1. The maximum absolute atomic E-state index is 13.9. The van der Waals surface area contributed by atoms with Crippen molar-refractivity contribution in [3.63, 3.8) is 0 Å². The van der Waals surface area contributed by atoms with Crippen LogP contribution in [0.25, 0.3) is 6.08 Å². The molecule has 0 bridgehead atoms. The van der Waals surface area contributed by atoms with Crippen LogP contribution in [0.15, 0.2) is 48.5 Å². The van der Waals surface area contributed by atoms with Crippen LogP contribution in [-0.2, 0) is 32.8 Å². The average molecular weight is 579 g/mol. The monoisotopic (exact) mass is 578 g/mol. The van der Waals surface area contributed by atoms with Gasteiger partial charge in [0, 0.05) is 24.5 Å². The van der Waals surface area contributed by atoms with Crippen LogP contribution in [0, 0.1) is 11.7 Å². The van der Waals surface area contributed by atoms with Crippen LogP contribution in [0.5, 0.6) is 0 Å². The van der Waals surface area contributed by atoms with E-state index in [1.54, 1.807) is 0 Å². The largest absolute Gasteiger partial charge is 0.416 e. The number of fused-ring (bicyclic) bond motifs is 2. The number of carbonyl (C=O) groups excluding carboxylic acids is 1. The fourth-order valence-corrected chi connectivity index (χ4v) is 8.85. The summed E-state index contributed by atoms with van der Waals surface area (Å²) in [6, 6.07) is 10.3. The smallest absolute Gasteiger partial charge is 0.351 e. The van der Waals surface area contributed by atoms with E-state index in [9.17, 15) is 30.8 Å². The van der Waals surface area contributed by atoms with Crippen LogP contribution in [0.4, 0.5) is 17.6 Å². The predicted molar refractivity (Wildman–Crippen MR) is 146 cm³/mol. The fourth-order valence-electron chi connectivity index (χ4n) is 6.77. The molecule has 2 aromatic carbocycles. The van der Waals surface area contributed by atoms with Crippen LogP contribution in [-0.4, -0.2) is 48.4 Å². The molecule has 1 spiro atoms. The number of sulfone groups is 1. The molecular weight excluding hydrogens is 544 g/mol. The van der Waals surface area contributed by atoms with Crippen molar-refractivity contribution >= 4 is 21.8 Å². The van der Waals surface area contributed by atoms with Crippen LogP contribution < -0.4 is 5.32 Å². The first-order valence-electron chi connectivity index (χ1n) is 13.6. The summed E-state index contributed by atoms with van der Waals surface area (Å²) in [7, 11) is -3.90. The second kappa shape index (κ2) is 9.98. The third kappa shape index (κ3) is 4.66. The highest BCUT2D eigenvalue weighted by atomic mass is 32.2. The van der Waals surface area contributed by atoms with Gasteiger partial charge < -0.3 is 5.32 Å². The predicted octanol–water partition coefficient (Wildman–Crippen LogP) is 5.49. The number of alkyl halides is 3. The van der Waals surface area contributed by atoms with Gasteiger partial charge in [-0.25, -0.2) is 12.8 Å². The number of hydrogen-bond donors (Lipinski definition) is 1. The van der Waals surface area contributed by atoms with E-state index in [0.29, 0.717) is 6.07 Å². The molecule has 2 aliphatic carbocycles. The van der Waals surface area contributed by atoms with E-state index in [-0.39, 0.29) is 35.8 Å². The number of hydrogen-bond acceptors (Lipinski definition) is 4. The molecule has 1 N–H and O–H groups in total. The van der Waals surface area contributed by atoms with Gasteiger partial charge in [0.2, 0.25) is 5.91 Å². The van der Waals surface area contributed by atoms with Gasteiger partial charge >= 0.3 is 6.18 Å². The highest BCUT2D eigenvalue weighted by molar-refractivity contribution is 7.94. The third-order valence-electron chi connectivity index (χ3n) is 9.19. The van der Waals surface area contributed by atoms with E-state index in [0.717, 1.165) is 31.6 Å². The second-order valence-corrected chi connectivity index (χ2v) is 14.6. The molecule has 1 amide bonds. The van der Waals surface area contributed by atoms with E-state index in [1.807, 2.05) is 6.07 Å². The van der Waals surface area contributed by atoms with Crippen LogP contribution in [0.3, 0.4) is 0 Å². The molecule has 40 heavy (non-hydrogen) atoms. The fraction of sp³-hybridized carbons (Fsp3) is 0.500. The molecule has 1 aliphatic heterocycles. The van der Waals surface area contributed by atoms with E-state index < -0.39 is 49.8 Å². The number of carbonyl (C=O) groups is 1. The first-order valence-corrected chi connectivity index (χ1v) is 15.2. The molecule has 2 aromatic rings. The van der Waals surface area contributed by atoms with E-state index in [1.165, 1.54) is 25.0 Å². The van der Waals surface area contributed by atoms with Gasteiger partial charge in [-0.1, -0.05) is 43.3 Å². The Morgan fingerprint density at radius 2 is 1.85 bits per heavy atom. The maximum Gasteiger partial charge on any atom is 0.416 e. The number of rotatable bonds is 6. The standard InChI is InChI=1S/C30H34F4N2O3S/c1-19(2)40(38,39)29(27(37)35-17-21-12-23(30(32,33)34)14-24(31)13-21)15-25(16-29)36-11-10-28(20(3)18-36)9-8-22-6-4-5-7-26(22)28/h4-9,12-14,19-20,25H,10-11,15-18H2,1-3H3,(H,35,37)/t20-,25?,28-,29?/m0/s1. The summed E-state index contributed by atoms with van der Waals surface area (Å²) >= 11 is 0. The summed E-state index contributed by atoms with van der Waals surface area (Å²) in [6.07, 6.45) is 0.828. The molecule has 216 valence electrons. The van der Waals surface area contributed by atoms with Gasteiger partial charge in [-0.05, 0) is 80.5 Å². The molecule has 3 aliphatic rings. The lowest BCUT2D eigenvalue weighted by Crippen LogP contribution is -2.68. The number of likely N-dealkylation sites (tertiary alicyclic amines) is 1. The second-order valence-electron chi connectivity index (χ2n) is 11.8. The van der Waals surface area contributed by atoms with E-state index in [2.05, 4.69) is 47.5 Å². The molecule has 10 heteroatoms. The van der Waals surface area contributed by atoms with E-state index in [4.69, 9.17) is 0 Å². The highest BCUT2D eigenvalue weighted by Crippen LogP contribution is 2.50. The molecule has 2 fully saturated rings. The molecule has 5 rings (SSSR count). The molecule has 2 atom stereocenters. The van der Waals surface area contributed by atoms with Gasteiger partial charge in [0.05, 0.1) is 10.8 Å². The minimum atomic E-state index is -4.75. The van der Waals surface area contributed by atoms with Crippen molar-refractivity contribution in [2.45, 2.75) is 74.2 Å². The lowest BCUT2D eigenvalue weighted by molar-refractivity contribution is -0.137. The van der Waals surface area contributed by atoms with Gasteiger partial charge in [0.1, 0.15) is 5.82 Å². The minimum Gasteiger partial charge on any atom is -0.351 e. The summed E-state index contributed by atoms with van der Waals surface area (Å²) < 4.78 is 78.5. The molecule has 0 unspecified atom stereocenters. The molecule has 1 saturated carbocycles. The van der Waals surface area contributed by atoms with Crippen LogP contribution in [0.1, 0.15) is 62.3 Å². The number of piperidine rings is 1. The Labute approximate surface area is 232 Å². The average Bonchev–Trinajstić information content (AvgIpc) is 3.23. The van der Waals surface area contributed by atoms with Crippen molar-refractivity contribution in [1.29, 1.82) is 0 Å². The Morgan fingerprint density at radius 3 is 2.50 bits per heavy atom. The van der Waals surface area contributed by atoms with Crippen molar-refractivity contribution in [3.8, 4) is 0 Å². The summed E-state index contributed by atoms with van der Waals surface area (Å²) in [6.45, 7) is 6.36. The summed E-state index contributed by atoms with van der Waals surface area (Å²) in [5.41, 5.74) is 1.23. The lowest BCUT2D eigenvalue weighted by Gasteiger charge is -2.54. The zero-order valence-corrected chi connectivity index (χ0v) is 23.6. The van der Waals surface area contributed by atoms with Gasteiger partial charge in [0.15, 0.2) is 14.6 Å². The summed E-state index contributed by atoms with van der Waals surface area (Å²) in [5.74, 6) is -1.55. The van der Waals surface area contributed by atoms with Crippen molar-refractivity contribution in [2.75, 3.05) is 13.1 Å². The van der Waals surface area contributed by atoms with Gasteiger partial charge in [-0.15, -0.1) is 0 Å². The van der Waals surface area contributed by atoms with Gasteiger partial charge in [0.25, 0.3) is 0 Å². The summed E-state index contributed by atoms with van der Waals surface area (Å²) in [4.78, 5) is 15.7.